The fourth-order valence-electron chi connectivity index (χ4n) is 6.02. The lowest BCUT2D eigenvalue weighted by Crippen LogP contribution is -2.66. The highest BCUT2D eigenvalue weighted by atomic mass is 16.6. The predicted molar refractivity (Wildman–Crippen MR) is 228 cm³/mol. The van der Waals surface area contributed by atoms with E-state index >= 15 is 0 Å². The molecule has 0 saturated heterocycles. The van der Waals surface area contributed by atoms with Gasteiger partial charge in [-0.2, -0.15) is 0 Å². The quantitative estimate of drug-likeness (QED) is 0.0518. The number of ether oxygens (including phenoxy) is 8. The van der Waals surface area contributed by atoms with Gasteiger partial charge in [0.25, 0.3) is 0 Å². The fraction of sp³-hybridized carbons (Fsp3) is 1.00. The molecule has 1 N–H and O–H groups in total. The summed E-state index contributed by atoms with van der Waals surface area (Å²) in [5.41, 5.74) is 0.106. The van der Waals surface area contributed by atoms with Crippen molar-refractivity contribution in [3.63, 3.8) is 0 Å². The summed E-state index contributed by atoms with van der Waals surface area (Å²) in [5.74, 6) is 0. The van der Waals surface area contributed by atoms with Crippen LogP contribution in [-0.4, -0.2) is 158 Å². The minimum absolute atomic E-state index is 0.0299. The summed E-state index contributed by atoms with van der Waals surface area (Å²) in [7, 11) is 0. The van der Waals surface area contributed by atoms with Crippen molar-refractivity contribution in [2.24, 2.45) is 16.2 Å². The Labute approximate surface area is 340 Å². The maximum Gasteiger partial charge on any atom is 0.0701 e. The first kappa shape index (κ1) is 54.6. The Bertz CT molecular complexity index is 907. The van der Waals surface area contributed by atoms with Gasteiger partial charge in [0.1, 0.15) is 0 Å². The second-order valence-corrected chi connectivity index (χ2v) is 20.7. The zero-order chi connectivity index (χ0) is 42.1. The smallest absolute Gasteiger partial charge is 0.0701 e. The molecule has 0 aromatic carbocycles. The van der Waals surface area contributed by atoms with Crippen molar-refractivity contribution in [2.45, 2.75) is 140 Å². The molecule has 0 fully saturated rings. The van der Waals surface area contributed by atoms with Gasteiger partial charge < -0.3 is 43.2 Å². The molecule has 11 heteroatoms. The zero-order valence-corrected chi connectivity index (χ0v) is 39.2. The van der Waals surface area contributed by atoms with Crippen molar-refractivity contribution in [2.75, 3.05) is 132 Å². The number of nitrogens with zero attached hydrogens (tertiary/aromatic N) is 2. The highest BCUT2D eigenvalue weighted by molar-refractivity contribution is 4.94. The van der Waals surface area contributed by atoms with Gasteiger partial charge in [0.15, 0.2) is 0 Å². The van der Waals surface area contributed by atoms with Gasteiger partial charge in [-0.1, -0.05) is 62.3 Å². The Balaban J connectivity index is 5.00. The van der Waals surface area contributed by atoms with E-state index in [1.807, 2.05) is 0 Å². The lowest BCUT2D eigenvalue weighted by molar-refractivity contribution is -0.0985. The van der Waals surface area contributed by atoms with E-state index in [0.717, 1.165) is 65.4 Å². The molecule has 0 bridgehead atoms. The Kier molecular flexibility index (Phi) is 27.9. The molecule has 0 aliphatic rings. The third kappa shape index (κ3) is 33.1. The summed E-state index contributed by atoms with van der Waals surface area (Å²) < 4.78 is 46.5. The van der Waals surface area contributed by atoms with Crippen LogP contribution in [0.25, 0.3) is 0 Å². The van der Waals surface area contributed by atoms with Gasteiger partial charge >= 0.3 is 0 Å². The van der Waals surface area contributed by atoms with E-state index < -0.39 is 0 Å². The number of rotatable bonds is 34. The van der Waals surface area contributed by atoms with Crippen molar-refractivity contribution in [3.8, 4) is 0 Å². The molecule has 0 radical (unpaired) electrons. The molecule has 55 heavy (non-hydrogen) atoms. The monoisotopic (exact) mass is 792 g/mol. The predicted octanol–water partition coefficient (Wildman–Crippen LogP) is 7.54. The minimum Gasteiger partial charge on any atom is -0.381 e. The number of hydrogen-bond donors (Lipinski definition) is 1. The normalized spacial score (nSPS) is 13.9. The second-order valence-electron chi connectivity index (χ2n) is 20.7. The van der Waals surface area contributed by atoms with Gasteiger partial charge in [0.2, 0.25) is 0 Å². The van der Waals surface area contributed by atoms with Crippen LogP contribution in [0.2, 0.25) is 0 Å². The lowest BCUT2D eigenvalue weighted by atomic mass is 9.96. The van der Waals surface area contributed by atoms with Crippen molar-refractivity contribution >= 4 is 0 Å². The summed E-state index contributed by atoms with van der Waals surface area (Å²) >= 11 is 0. The maximum absolute atomic E-state index is 6.14. The van der Waals surface area contributed by atoms with E-state index in [0.29, 0.717) is 79.3 Å². The first-order valence-electron chi connectivity index (χ1n) is 21.3. The Morgan fingerprint density at radius 1 is 0.382 bits per heavy atom. The first-order valence-corrected chi connectivity index (χ1v) is 21.3. The molecule has 11 nitrogen and oxygen atoms in total. The molecule has 0 rings (SSSR count). The molecule has 332 valence electrons. The Hall–Kier alpha value is -0.440. The minimum atomic E-state index is -0.231. The molecular weight excluding hydrogens is 698 g/mol. The van der Waals surface area contributed by atoms with Crippen LogP contribution >= 0.6 is 0 Å². The van der Waals surface area contributed by atoms with E-state index in [1.54, 1.807) is 0 Å². The van der Waals surface area contributed by atoms with Gasteiger partial charge in [0.05, 0.1) is 105 Å². The van der Waals surface area contributed by atoms with Crippen LogP contribution in [0.3, 0.4) is 0 Å². The second kappa shape index (κ2) is 28.1. The maximum atomic E-state index is 6.14. The zero-order valence-electron chi connectivity index (χ0n) is 39.2. The summed E-state index contributed by atoms with van der Waals surface area (Å²) in [5, 5.41) is 3.76. The highest BCUT2D eigenvalue weighted by Gasteiger charge is 2.40. The SMILES string of the molecule is CC(C)(C)COCCCCN(C(C)(C)C)C(C)(C)N(CCOCCOCCOCC(C)(C)C)CC(C)(C)NCCOCCOCCOCCOCC(C)(C)C. The van der Waals surface area contributed by atoms with Crippen LogP contribution in [0, 0.1) is 16.2 Å². The molecule has 0 aromatic rings. The molecule has 0 heterocycles. The summed E-state index contributed by atoms with van der Waals surface area (Å²) in [6.07, 6.45) is 2.12. The van der Waals surface area contributed by atoms with Crippen LogP contribution in [0.5, 0.6) is 0 Å². The standard InChI is InChI=1S/C44H93N3O8/c1-39(2,3)36-53-22-18-17-20-47(42(10,11)12)44(15,16)46(21-24-49-26-28-51-31-33-54-37-40(4,5)6)35-43(13,14)45-19-23-48-25-27-50-29-30-52-32-34-55-38-41(7,8)9/h45H,17-38H2,1-16H3. The van der Waals surface area contributed by atoms with Crippen molar-refractivity contribution in [1.29, 1.82) is 0 Å². The third-order valence-electron chi connectivity index (χ3n) is 8.57. The van der Waals surface area contributed by atoms with Gasteiger partial charge in [0, 0.05) is 43.9 Å². The van der Waals surface area contributed by atoms with Gasteiger partial charge in [-0.25, -0.2) is 0 Å². The highest BCUT2D eigenvalue weighted by Crippen LogP contribution is 2.30. The molecule has 0 atom stereocenters. The van der Waals surface area contributed by atoms with Crippen molar-refractivity contribution in [1.82, 2.24) is 15.1 Å². The van der Waals surface area contributed by atoms with Gasteiger partial charge in [-0.3, -0.25) is 9.80 Å². The van der Waals surface area contributed by atoms with Gasteiger partial charge in [-0.15, -0.1) is 0 Å². The van der Waals surface area contributed by atoms with Crippen LogP contribution in [0.4, 0.5) is 0 Å². The summed E-state index contributed by atoms with van der Waals surface area (Å²) in [6, 6.07) is 0. The topological polar surface area (TPSA) is 92.4 Å². The van der Waals surface area contributed by atoms with Crippen molar-refractivity contribution in [3.05, 3.63) is 0 Å². The average molecular weight is 792 g/mol. The van der Waals surface area contributed by atoms with E-state index in [-0.39, 0.29) is 33.0 Å². The summed E-state index contributed by atoms with van der Waals surface area (Å²) in [6.45, 7) is 49.3. The van der Waals surface area contributed by atoms with E-state index in [4.69, 9.17) is 37.9 Å². The van der Waals surface area contributed by atoms with E-state index in [1.165, 1.54) is 0 Å². The molecular formula is C44H93N3O8. The molecule has 0 unspecified atom stereocenters. The van der Waals surface area contributed by atoms with Crippen molar-refractivity contribution < 1.29 is 37.9 Å². The lowest BCUT2D eigenvalue weighted by Gasteiger charge is -2.54. The van der Waals surface area contributed by atoms with Crippen LogP contribution < -0.4 is 5.32 Å². The van der Waals surface area contributed by atoms with E-state index in [2.05, 4.69) is 126 Å². The Morgan fingerprint density at radius 2 is 0.745 bits per heavy atom. The molecule has 0 aliphatic carbocycles. The molecule has 0 aliphatic heterocycles. The fourth-order valence-corrected chi connectivity index (χ4v) is 6.02. The number of nitrogens with one attached hydrogen (secondary N) is 1. The molecule has 0 aromatic heterocycles. The Morgan fingerprint density at radius 3 is 1.15 bits per heavy atom. The summed E-state index contributed by atoms with van der Waals surface area (Å²) in [4.78, 5) is 5.23. The average Bonchev–Trinajstić information content (AvgIpc) is 3.02. The van der Waals surface area contributed by atoms with Crippen LogP contribution in [-0.2, 0) is 37.9 Å². The van der Waals surface area contributed by atoms with Crippen LogP contribution in [0.1, 0.15) is 124 Å². The molecule has 0 spiro atoms. The molecule has 0 amide bonds. The van der Waals surface area contributed by atoms with E-state index in [9.17, 15) is 0 Å². The number of unbranched alkanes of at least 4 members (excludes halogenated alkanes) is 1. The first-order chi connectivity index (χ1) is 25.4. The van der Waals surface area contributed by atoms with Crippen LogP contribution in [0.15, 0.2) is 0 Å². The largest absolute Gasteiger partial charge is 0.381 e. The number of hydrogen-bond acceptors (Lipinski definition) is 11. The van der Waals surface area contributed by atoms with Gasteiger partial charge in [-0.05, 0) is 77.6 Å². The molecule has 0 saturated carbocycles. The third-order valence-corrected chi connectivity index (χ3v) is 8.57.